The fourth-order valence-electron chi connectivity index (χ4n) is 5.81. The average molecular weight is 505 g/mol. The number of carbonyl (C=O) groups excluding carboxylic acids is 2. The van der Waals surface area contributed by atoms with Crippen molar-refractivity contribution in [2.45, 2.75) is 56.0 Å². The van der Waals surface area contributed by atoms with E-state index in [1.165, 1.54) is 6.07 Å². The number of rotatable bonds is 6. The van der Waals surface area contributed by atoms with E-state index in [0.29, 0.717) is 36.2 Å². The first-order valence-corrected chi connectivity index (χ1v) is 12.7. The van der Waals surface area contributed by atoms with Crippen LogP contribution in [0.5, 0.6) is 0 Å². The molecule has 192 valence electrons. The predicted octanol–water partition coefficient (Wildman–Crippen LogP) is 5.11. The molecule has 2 amide bonds. The van der Waals surface area contributed by atoms with Crippen LogP contribution in [0, 0.1) is 11.6 Å². The molecule has 1 saturated carbocycles. The van der Waals surface area contributed by atoms with Gasteiger partial charge in [0.1, 0.15) is 0 Å². The Morgan fingerprint density at radius 3 is 2.35 bits per heavy atom. The molecule has 2 atom stereocenters. The maximum Gasteiger partial charge on any atom is 0.255 e. The lowest BCUT2D eigenvalue weighted by Gasteiger charge is -2.38. The second-order valence-electron chi connectivity index (χ2n) is 9.96. The summed E-state index contributed by atoms with van der Waals surface area (Å²) in [5.41, 5.74) is 8.36. The monoisotopic (exact) mass is 504 g/mol. The van der Waals surface area contributed by atoms with E-state index in [4.69, 9.17) is 5.73 Å². The molecule has 2 unspecified atom stereocenters. The van der Waals surface area contributed by atoms with E-state index >= 15 is 0 Å². The van der Waals surface area contributed by atoms with Crippen molar-refractivity contribution >= 4 is 17.5 Å². The molecule has 2 aromatic carbocycles. The van der Waals surface area contributed by atoms with E-state index < -0.39 is 23.1 Å². The minimum atomic E-state index is -0.931. The Hall–Kier alpha value is -3.65. The van der Waals surface area contributed by atoms with Gasteiger partial charge in [0.15, 0.2) is 11.6 Å². The van der Waals surface area contributed by atoms with Crippen LogP contribution in [0.3, 0.4) is 0 Å². The number of aromatic nitrogens is 1. The lowest BCUT2D eigenvalue weighted by Crippen LogP contribution is -2.50. The van der Waals surface area contributed by atoms with Gasteiger partial charge in [-0.25, -0.2) is 8.78 Å². The fraction of sp³-hybridized carbons (Fsp3) is 0.345. The molecule has 3 N–H and O–H groups in total. The maximum atomic E-state index is 14.1. The summed E-state index contributed by atoms with van der Waals surface area (Å²) in [5, 5.41) is 2.83. The van der Waals surface area contributed by atoms with E-state index in [9.17, 15) is 18.4 Å². The van der Waals surface area contributed by atoms with Crippen LogP contribution >= 0.6 is 0 Å². The Morgan fingerprint density at radius 1 is 0.973 bits per heavy atom. The van der Waals surface area contributed by atoms with Crippen molar-refractivity contribution in [1.82, 2.24) is 9.88 Å². The third-order valence-electron chi connectivity index (χ3n) is 7.81. The Balaban J connectivity index is 1.34. The van der Waals surface area contributed by atoms with Gasteiger partial charge in [-0.2, -0.15) is 0 Å². The first kappa shape index (κ1) is 25.0. The topological polar surface area (TPSA) is 88.3 Å². The zero-order valence-corrected chi connectivity index (χ0v) is 20.5. The molecule has 1 aliphatic heterocycles. The number of anilines is 1. The quantitative estimate of drug-likeness (QED) is 0.488. The minimum Gasteiger partial charge on any atom is -0.337 e. The largest absolute Gasteiger partial charge is 0.337 e. The summed E-state index contributed by atoms with van der Waals surface area (Å²) in [6.45, 7) is 0.578. The number of likely N-dealkylation sites (tertiary alicyclic amines) is 1. The lowest BCUT2D eigenvalue weighted by molar-refractivity contribution is -0.138. The van der Waals surface area contributed by atoms with E-state index in [1.54, 1.807) is 42.7 Å². The molecule has 1 saturated heterocycles. The molecule has 1 aromatic heterocycles. The smallest absolute Gasteiger partial charge is 0.255 e. The normalized spacial score (nSPS) is 19.5. The standard InChI is InChI=1S/C29H30F2N4O2/c30-23-10-9-21(18-24(23)31)29(13-1-2-14-29)28(37)35-17-3-4-25(35)26(32)19-5-7-20(8-6-19)27(36)34-22-11-15-33-16-12-22/h5-12,15-16,18,25-26H,1-4,13-14,17,32H2,(H,33,34,36). The van der Waals surface area contributed by atoms with Crippen molar-refractivity contribution in [3.05, 3.63) is 95.3 Å². The van der Waals surface area contributed by atoms with Crippen LogP contribution in [0.4, 0.5) is 14.5 Å². The third kappa shape index (κ3) is 4.85. The fourth-order valence-corrected chi connectivity index (χ4v) is 5.81. The van der Waals surface area contributed by atoms with E-state index in [2.05, 4.69) is 10.3 Å². The van der Waals surface area contributed by atoms with E-state index in [1.807, 2.05) is 17.0 Å². The van der Waals surface area contributed by atoms with E-state index in [-0.39, 0.29) is 17.9 Å². The molecule has 1 aliphatic carbocycles. The molecule has 3 aromatic rings. The predicted molar refractivity (Wildman–Crippen MR) is 137 cm³/mol. The summed E-state index contributed by atoms with van der Waals surface area (Å²) in [6.07, 6.45) is 7.72. The number of nitrogens with one attached hydrogen (secondary N) is 1. The second kappa shape index (κ2) is 10.4. The van der Waals surface area contributed by atoms with Crippen molar-refractivity contribution in [2.75, 3.05) is 11.9 Å². The van der Waals surface area contributed by atoms with Crippen molar-refractivity contribution in [1.29, 1.82) is 0 Å². The van der Waals surface area contributed by atoms with Crippen LogP contribution in [-0.2, 0) is 10.2 Å². The van der Waals surface area contributed by atoms with Gasteiger partial charge in [0.05, 0.1) is 17.5 Å². The third-order valence-corrected chi connectivity index (χ3v) is 7.81. The zero-order chi connectivity index (χ0) is 26.0. The molecule has 6 nitrogen and oxygen atoms in total. The number of pyridine rings is 1. The summed E-state index contributed by atoms with van der Waals surface area (Å²) >= 11 is 0. The van der Waals surface area contributed by atoms with Crippen LogP contribution < -0.4 is 11.1 Å². The van der Waals surface area contributed by atoms with Crippen LogP contribution in [-0.4, -0.2) is 34.3 Å². The van der Waals surface area contributed by atoms with Crippen molar-refractivity contribution in [3.63, 3.8) is 0 Å². The summed E-state index contributed by atoms with van der Waals surface area (Å²) in [4.78, 5) is 32.4. The Bertz CT molecular complexity index is 1280. The number of amides is 2. The first-order chi connectivity index (χ1) is 17.9. The van der Waals surface area contributed by atoms with Crippen LogP contribution in [0.1, 0.15) is 66.1 Å². The highest BCUT2D eigenvalue weighted by Crippen LogP contribution is 2.45. The van der Waals surface area contributed by atoms with Gasteiger partial charge < -0.3 is 16.0 Å². The van der Waals surface area contributed by atoms with Crippen LogP contribution in [0.2, 0.25) is 0 Å². The Morgan fingerprint density at radius 2 is 1.68 bits per heavy atom. The number of hydrogen-bond donors (Lipinski definition) is 2. The average Bonchev–Trinajstić information content (AvgIpc) is 3.61. The Labute approximate surface area is 214 Å². The summed E-state index contributed by atoms with van der Waals surface area (Å²) in [5.74, 6) is -2.14. The molecular weight excluding hydrogens is 474 g/mol. The van der Waals surface area contributed by atoms with Crippen molar-refractivity contribution < 1.29 is 18.4 Å². The van der Waals surface area contributed by atoms with Crippen molar-refractivity contribution in [3.8, 4) is 0 Å². The number of nitrogens with two attached hydrogens (primary N) is 1. The molecule has 8 heteroatoms. The highest BCUT2D eigenvalue weighted by Gasteiger charge is 2.48. The Kier molecular flexibility index (Phi) is 7.02. The first-order valence-electron chi connectivity index (χ1n) is 12.7. The summed E-state index contributed by atoms with van der Waals surface area (Å²) in [7, 11) is 0. The van der Waals surface area contributed by atoms with Gasteiger partial charge in [-0.1, -0.05) is 31.0 Å². The van der Waals surface area contributed by atoms with Gasteiger partial charge in [0.2, 0.25) is 5.91 Å². The molecule has 2 fully saturated rings. The molecule has 37 heavy (non-hydrogen) atoms. The molecule has 2 aliphatic rings. The summed E-state index contributed by atoms with van der Waals surface area (Å²) in [6, 6.07) is 13.7. The van der Waals surface area contributed by atoms with E-state index in [0.717, 1.165) is 37.3 Å². The zero-order valence-electron chi connectivity index (χ0n) is 20.5. The molecule has 0 radical (unpaired) electrons. The second-order valence-corrected chi connectivity index (χ2v) is 9.96. The number of carbonyl (C=O) groups is 2. The lowest BCUT2D eigenvalue weighted by atomic mass is 9.77. The summed E-state index contributed by atoms with van der Waals surface area (Å²) < 4.78 is 27.8. The molecule has 0 bridgehead atoms. The van der Waals surface area contributed by atoms with Gasteiger partial charge in [-0.15, -0.1) is 0 Å². The number of nitrogens with zero attached hydrogens (tertiary/aromatic N) is 2. The van der Waals surface area contributed by atoms with Crippen LogP contribution in [0.15, 0.2) is 67.0 Å². The highest BCUT2D eigenvalue weighted by molar-refractivity contribution is 6.04. The highest BCUT2D eigenvalue weighted by atomic mass is 19.2. The van der Waals surface area contributed by atoms with Crippen molar-refractivity contribution in [2.24, 2.45) is 5.73 Å². The molecule has 0 spiro atoms. The minimum absolute atomic E-state index is 0.0534. The number of halogens is 2. The molecule has 5 rings (SSSR count). The van der Waals surface area contributed by atoms with Gasteiger partial charge in [0, 0.05) is 30.2 Å². The van der Waals surface area contributed by atoms with Crippen LogP contribution in [0.25, 0.3) is 0 Å². The van der Waals surface area contributed by atoms with Gasteiger partial charge in [-0.3, -0.25) is 14.6 Å². The van der Waals surface area contributed by atoms with Gasteiger partial charge in [-0.05, 0) is 73.2 Å². The molecule has 2 heterocycles. The maximum absolute atomic E-state index is 14.1. The number of benzene rings is 2. The van der Waals surface area contributed by atoms with Gasteiger partial charge >= 0.3 is 0 Å². The van der Waals surface area contributed by atoms with Gasteiger partial charge in [0.25, 0.3) is 5.91 Å². The SMILES string of the molecule is NC(c1ccc(C(=O)Nc2ccncc2)cc1)C1CCCN1C(=O)C1(c2ccc(F)c(F)c2)CCCC1. The molecular formula is C29H30F2N4O2. The number of hydrogen-bond acceptors (Lipinski definition) is 4.